The molecular formula is C25H22O9S2. The maximum atomic E-state index is 13.6. The summed E-state index contributed by atoms with van der Waals surface area (Å²) >= 11 is 0. The Balaban J connectivity index is 2.18. The highest BCUT2D eigenvalue weighted by Gasteiger charge is 2.46. The average molecular weight is 531 g/mol. The van der Waals surface area contributed by atoms with Crippen LogP contribution in [0.2, 0.25) is 0 Å². The van der Waals surface area contributed by atoms with Crippen molar-refractivity contribution in [2.45, 2.75) is 26.5 Å². The largest absolute Gasteiger partial charge is 0.508 e. The molecule has 0 atom stereocenters. The van der Waals surface area contributed by atoms with Gasteiger partial charge in [0.1, 0.15) is 44.3 Å². The number of aromatic hydroxyl groups is 6. The van der Waals surface area contributed by atoms with Crippen molar-refractivity contribution in [1.29, 1.82) is 0 Å². The van der Waals surface area contributed by atoms with Gasteiger partial charge in [-0.3, -0.25) is 0 Å². The van der Waals surface area contributed by atoms with Gasteiger partial charge in [-0.1, -0.05) is 35.9 Å². The lowest BCUT2D eigenvalue weighted by atomic mass is 10.2. The summed E-state index contributed by atoms with van der Waals surface area (Å²) in [4.78, 5) is -1.25. The van der Waals surface area contributed by atoms with E-state index in [0.29, 0.717) is 0 Å². The first-order chi connectivity index (χ1) is 17.0. The van der Waals surface area contributed by atoms with Crippen LogP contribution >= 0.6 is 10.3 Å². The molecule has 0 saturated carbocycles. The molecule has 0 bridgehead atoms. The molecule has 0 fully saturated rings. The van der Waals surface area contributed by atoms with Crippen molar-refractivity contribution in [2.24, 2.45) is 0 Å². The number of hydrogen-bond acceptors (Lipinski definition) is 9. The first-order valence-corrected chi connectivity index (χ1v) is 13.3. The van der Waals surface area contributed by atoms with Crippen LogP contribution in [0.25, 0.3) is 0 Å². The van der Waals surface area contributed by atoms with E-state index in [-0.39, 0.29) is 9.79 Å². The Morgan fingerprint density at radius 2 is 1.00 bits per heavy atom. The minimum atomic E-state index is -4.70. The highest BCUT2D eigenvalue weighted by Crippen LogP contribution is 2.77. The van der Waals surface area contributed by atoms with E-state index in [0.717, 1.165) is 29.8 Å². The molecule has 0 amide bonds. The monoisotopic (exact) mass is 530 g/mol. The molecule has 188 valence electrons. The summed E-state index contributed by atoms with van der Waals surface area (Å²) in [6.45, 7) is 1.76. The fourth-order valence-electron chi connectivity index (χ4n) is 3.69. The summed E-state index contributed by atoms with van der Waals surface area (Å²) in [5.41, 5.74) is 0.776. The van der Waals surface area contributed by atoms with Gasteiger partial charge in [-0.25, -0.2) is 3.63 Å². The van der Waals surface area contributed by atoms with Gasteiger partial charge in [0.15, 0.2) is 0 Å². The zero-order valence-electron chi connectivity index (χ0n) is 18.7. The lowest BCUT2D eigenvalue weighted by Crippen LogP contribution is -2.15. The zero-order valence-corrected chi connectivity index (χ0v) is 20.4. The third-order valence-electron chi connectivity index (χ3n) is 5.22. The predicted octanol–water partition coefficient (Wildman–Crippen LogP) is 4.83. The summed E-state index contributed by atoms with van der Waals surface area (Å²) in [6.07, 6.45) is 0. The van der Waals surface area contributed by atoms with Gasteiger partial charge in [-0.15, -0.1) is 0 Å². The SMILES string of the molecule is Cc1ccc(S(=O)(=O)OS(c2ccccc2)(c2c(O)cc(O)cc2O)c2c(O)cc(O)cc2O)cc1. The van der Waals surface area contributed by atoms with Crippen molar-refractivity contribution in [3.05, 3.63) is 84.4 Å². The van der Waals surface area contributed by atoms with Crippen molar-refractivity contribution in [3.8, 4) is 34.5 Å². The Bertz CT molecular complexity index is 1430. The van der Waals surface area contributed by atoms with E-state index in [9.17, 15) is 39.1 Å². The number of phenolic OH excluding ortho intramolecular Hbond substituents is 6. The third-order valence-corrected chi connectivity index (χ3v) is 10.5. The van der Waals surface area contributed by atoms with Gasteiger partial charge in [-0.05, 0) is 41.5 Å². The Labute approximate surface area is 208 Å². The minimum absolute atomic E-state index is 0.0493. The van der Waals surface area contributed by atoms with E-state index >= 15 is 0 Å². The molecule has 0 aliphatic carbocycles. The number of phenols is 6. The van der Waals surface area contributed by atoms with Gasteiger partial charge >= 0.3 is 10.1 Å². The molecule has 36 heavy (non-hydrogen) atoms. The van der Waals surface area contributed by atoms with Crippen molar-refractivity contribution in [1.82, 2.24) is 0 Å². The van der Waals surface area contributed by atoms with Gasteiger partial charge in [0.25, 0.3) is 0 Å². The molecule has 4 aromatic carbocycles. The summed E-state index contributed by atoms with van der Waals surface area (Å²) in [5.74, 6) is -4.13. The molecule has 4 aromatic rings. The van der Waals surface area contributed by atoms with E-state index in [1.807, 2.05) is 0 Å². The summed E-state index contributed by atoms with van der Waals surface area (Å²) in [5, 5.41) is 63.3. The first kappa shape index (κ1) is 25.0. The second-order valence-electron chi connectivity index (χ2n) is 7.83. The van der Waals surface area contributed by atoms with Crippen molar-refractivity contribution in [2.75, 3.05) is 0 Å². The third kappa shape index (κ3) is 4.35. The maximum absolute atomic E-state index is 13.6. The van der Waals surface area contributed by atoms with Crippen LogP contribution < -0.4 is 0 Å². The molecule has 0 saturated heterocycles. The maximum Gasteiger partial charge on any atom is 0.307 e. The average Bonchev–Trinajstić information content (AvgIpc) is 2.78. The molecular weight excluding hydrogens is 508 g/mol. The van der Waals surface area contributed by atoms with Crippen LogP contribution in [0.1, 0.15) is 5.56 Å². The zero-order chi connectivity index (χ0) is 26.3. The van der Waals surface area contributed by atoms with E-state index in [4.69, 9.17) is 3.63 Å². The van der Waals surface area contributed by atoms with Gasteiger partial charge in [0.05, 0.1) is 4.90 Å². The molecule has 9 nitrogen and oxygen atoms in total. The highest BCUT2D eigenvalue weighted by atomic mass is 32.3. The van der Waals surface area contributed by atoms with E-state index in [1.165, 1.54) is 36.4 Å². The smallest absolute Gasteiger partial charge is 0.307 e. The summed E-state index contributed by atoms with van der Waals surface area (Å²) in [6, 6.07) is 16.6. The molecule has 0 aliphatic heterocycles. The van der Waals surface area contributed by atoms with Crippen LogP contribution in [0.4, 0.5) is 0 Å². The van der Waals surface area contributed by atoms with Crippen molar-refractivity contribution >= 4 is 20.4 Å². The topological polar surface area (TPSA) is 165 Å². The van der Waals surface area contributed by atoms with E-state index < -0.39 is 64.7 Å². The number of hydrogen-bond donors (Lipinski definition) is 6. The fraction of sp³-hybridized carbons (Fsp3) is 0.0400. The molecule has 0 unspecified atom stereocenters. The van der Waals surface area contributed by atoms with Crippen molar-refractivity contribution < 1.29 is 42.7 Å². The Morgan fingerprint density at radius 3 is 1.42 bits per heavy atom. The molecule has 0 radical (unpaired) electrons. The molecule has 0 aliphatic rings. The van der Waals surface area contributed by atoms with Gasteiger partial charge < -0.3 is 30.6 Å². The van der Waals surface area contributed by atoms with Crippen LogP contribution in [0.3, 0.4) is 0 Å². The number of aryl methyl sites for hydroxylation is 1. The predicted molar refractivity (Wildman–Crippen MR) is 131 cm³/mol. The second-order valence-corrected chi connectivity index (χ2v) is 12.2. The lowest BCUT2D eigenvalue weighted by Gasteiger charge is -2.40. The fourth-order valence-corrected chi connectivity index (χ4v) is 9.04. The minimum Gasteiger partial charge on any atom is -0.508 e. The normalized spacial score (nSPS) is 12.4. The standard InChI is InChI=1S/C25H22O9S2/c1-15-7-9-19(10-8-15)36(32,33)34-35(18-5-3-2-4-6-18,24-20(28)11-16(26)12-21(24)29)25-22(30)13-17(27)14-23(25)31/h2-14,26-31H,1H3. The van der Waals surface area contributed by atoms with Crippen LogP contribution in [0.15, 0.2) is 98.4 Å². The second kappa shape index (κ2) is 9.19. The molecule has 6 N–H and O–H groups in total. The molecule has 0 heterocycles. The lowest BCUT2D eigenvalue weighted by molar-refractivity contribution is 0.401. The van der Waals surface area contributed by atoms with E-state index in [1.54, 1.807) is 25.1 Å². The van der Waals surface area contributed by atoms with Crippen LogP contribution in [0, 0.1) is 6.92 Å². The van der Waals surface area contributed by atoms with Crippen LogP contribution in [-0.4, -0.2) is 39.1 Å². The van der Waals surface area contributed by atoms with Crippen LogP contribution in [0.5, 0.6) is 34.5 Å². The van der Waals surface area contributed by atoms with Crippen molar-refractivity contribution in [3.63, 3.8) is 0 Å². The molecule has 0 spiro atoms. The van der Waals surface area contributed by atoms with Crippen LogP contribution in [-0.2, 0) is 13.7 Å². The number of rotatable bonds is 6. The highest BCUT2D eigenvalue weighted by molar-refractivity contribution is 8.33. The molecule has 4 rings (SSSR count). The quantitative estimate of drug-likeness (QED) is 0.205. The summed E-state index contributed by atoms with van der Waals surface area (Å²) < 4.78 is 33.1. The van der Waals surface area contributed by atoms with Gasteiger partial charge in [-0.2, -0.15) is 8.42 Å². The van der Waals surface area contributed by atoms with Gasteiger partial charge in [0.2, 0.25) is 0 Å². The Kier molecular flexibility index (Phi) is 6.39. The Hall–Kier alpha value is -4.06. The molecule has 0 aromatic heterocycles. The van der Waals surface area contributed by atoms with Gasteiger partial charge in [0, 0.05) is 29.2 Å². The van der Waals surface area contributed by atoms with E-state index in [2.05, 4.69) is 0 Å². The number of benzene rings is 4. The molecule has 11 heteroatoms. The summed E-state index contributed by atoms with van der Waals surface area (Å²) in [7, 11) is -8.61. The Morgan fingerprint density at radius 1 is 0.583 bits per heavy atom. The first-order valence-electron chi connectivity index (χ1n) is 10.4.